The smallest absolute Gasteiger partial charge is 0.333 e. The van der Waals surface area contributed by atoms with Crippen LogP contribution in [0.25, 0.3) is 6.08 Å². The highest BCUT2D eigenvalue weighted by molar-refractivity contribution is 8.25. The molecule has 1 N–H and O–H groups in total. The molecule has 0 saturated carbocycles. The topological polar surface area (TPSA) is 40.5 Å². The van der Waals surface area contributed by atoms with E-state index in [1.165, 1.54) is 0 Å². The number of carboxylic acid groups (broad SMARTS) is 1. The number of hydrogen-bond donors (Lipinski definition) is 1. The van der Waals surface area contributed by atoms with Crippen LogP contribution in [0.2, 0.25) is 0 Å². The van der Waals surface area contributed by atoms with Crippen LogP contribution in [0.3, 0.4) is 0 Å². The first-order chi connectivity index (χ1) is 10.1. The quantitative estimate of drug-likeness (QED) is 0.832. The Balaban J connectivity index is 2.03. The molecule has 0 amide bonds. The number of anilines is 1. The second-order valence-electron chi connectivity index (χ2n) is 4.86. The van der Waals surface area contributed by atoms with E-state index in [0.29, 0.717) is 12.0 Å². The largest absolute Gasteiger partial charge is 0.478 e. The monoisotopic (exact) mass is 321 g/mol. The van der Waals surface area contributed by atoms with Crippen molar-refractivity contribution in [3.8, 4) is 0 Å². The summed E-state index contributed by atoms with van der Waals surface area (Å²) in [5.41, 5.74) is 2.75. The maximum Gasteiger partial charge on any atom is 0.333 e. The number of rotatable bonds is 5. The van der Waals surface area contributed by atoms with Crippen molar-refractivity contribution < 1.29 is 9.90 Å². The molecule has 0 unspecified atom stereocenters. The predicted molar refractivity (Wildman–Crippen MR) is 94.0 cm³/mol. The van der Waals surface area contributed by atoms with Gasteiger partial charge in [0.25, 0.3) is 0 Å². The summed E-state index contributed by atoms with van der Waals surface area (Å²) < 4.78 is 0.968. The lowest BCUT2D eigenvalue weighted by Gasteiger charge is -2.11. The molecule has 1 aromatic rings. The van der Waals surface area contributed by atoms with E-state index >= 15 is 0 Å². The molecule has 0 atom stereocenters. The molecular weight excluding hydrogens is 302 g/mol. The SMILES string of the molecule is CN(C)c1ccc(/C=C/CC(C(=O)O)=C2SCCS2)cc1. The number of allylic oxidation sites excluding steroid dienone is 1. The van der Waals surface area contributed by atoms with E-state index in [-0.39, 0.29) is 0 Å². The van der Waals surface area contributed by atoms with Gasteiger partial charge in [0.15, 0.2) is 0 Å². The molecule has 1 aliphatic rings. The lowest BCUT2D eigenvalue weighted by Crippen LogP contribution is -2.07. The first-order valence-corrected chi connectivity index (χ1v) is 8.71. The summed E-state index contributed by atoms with van der Waals surface area (Å²) in [6.07, 6.45) is 4.38. The zero-order chi connectivity index (χ0) is 15.2. The normalized spacial score (nSPS) is 14.7. The van der Waals surface area contributed by atoms with Crippen molar-refractivity contribution in [1.29, 1.82) is 0 Å². The molecule has 5 heteroatoms. The summed E-state index contributed by atoms with van der Waals surface area (Å²) in [6.45, 7) is 0. The minimum Gasteiger partial charge on any atom is -0.478 e. The minimum atomic E-state index is -0.806. The van der Waals surface area contributed by atoms with E-state index in [0.717, 1.165) is 27.0 Å². The Morgan fingerprint density at radius 3 is 2.38 bits per heavy atom. The van der Waals surface area contributed by atoms with Gasteiger partial charge in [-0.1, -0.05) is 24.3 Å². The molecule has 1 fully saturated rings. The Hall–Kier alpha value is -1.33. The van der Waals surface area contributed by atoms with E-state index in [1.54, 1.807) is 23.5 Å². The highest BCUT2D eigenvalue weighted by Crippen LogP contribution is 2.39. The molecule has 112 valence electrons. The molecule has 1 heterocycles. The van der Waals surface area contributed by atoms with Crippen LogP contribution in [0, 0.1) is 0 Å². The second kappa shape index (κ2) is 7.61. The molecule has 0 spiro atoms. The first-order valence-electron chi connectivity index (χ1n) is 6.74. The molecule has 0 radical (unpaired) electrons. The summed E-state index contributed by atoms with van der Waals surface area (Å²) in [5, 5.41) is 9.30. The second-order valence-corrected chi connectivity index (χ2v) is 7.33. The lowest BCUT2D eigenvalue weighted by atomic mass is 10.1. The van der Waals surface area contributed by atoms with Crippen molar-refractivity contribution in [2.45, 2.75) is 6.42 Å². The number of thioether (sulfide) groups is 2. The van der Waals surface area contributed by atoms with Gasteiger partial charge in [0, 0.05) is 31.3 Å². The summed E-state index contributed by atoms with van der Waals surface area (Å²) in [4.78, 5) is 13.4. The van der Waals surface area contributed by atoms with E-state index in [1.807, 2.05) is 38.4 Å². The lowest BCUT2D eigenvalue weighted by molar-refractivity contribution is -0.132. The van der Waals surface area contributed by atoms with Crippen LogP contribution in [0.1, 0.15) is 12.0 Å². The van der Waals surface area contributed by atoms with Crippen molar-refractivity contribution >= 4 is 41.3 Å². The average molecular weight is 321 g/mol. The summed E-state index contributed by atoms with van der Waals surface area (Å²) in [6, 6.07) is 8.19. The van der Waals surface area contributed by atoms with Gasteiger partial charge in [0.2, 0.25) is 0 Å². The third kappa shape index (κ3) is 4.58. The highest BCUT2D eigenvalue weighted by Gasteiger charge is 2.18. The maximum atomic E-state index is 11.3. The molecule has 1 saturated heterocycles. The van der Waals surface area contributed by atoms with Gasteiger partial charge in [0.1, 0.15) is 0 Å². The summed E-state index contributed by atoms with van der Waals surface area (Å²) in [7, 11) is 4.01. The fourth-order valence-corrected chi connectivity index (χ4v) is 4.50. The van der Waals surface area contributed by atoms with Crippen LogP contribution in [-0.2, 0) is 4.79 Å². The average Bonchev–Trinajstić information content (AvgIpc) is 2.97. The van der Waals surface area contributed by atoms with Gasteiger partial charge in [-0.3, -0.25) is 0 Å². The Labute approximate surface area is 134 Å². The summed E-state index contributed by atoms with van der Waals surface area (Å²) >= 11 is 3.31. The molecule has 3 nitrogen and oxygen atoms in total. The van der Waals surface area contributed by atoms with Crippen molar-refractivity contribution in [2.24, 2.45) is 0 Å². The Bertz CT molecular complexity index is 554. The third-order valence-electron chi connectivity index (χ3n) is 3.10. The van der Waals surface area contributed by atoms with E-state index in [4.69, 9.17) is 0 Å². The van der Waals surface area contributed by atoms with E-state index in [2.05, 4.69) is 17.0 Å². The Morgan fingerprint density at radius 1 is 1.24 bits per heavy atom. The number of carbonyl (C=O) groups is 1. The van der Waals surface area contributed by atoms with Crippen molar-refractivity contribution in [2.75, 3.05) is 30.5 Å². The van der Waals surface area contributed by atoms with Crippen LogP contribution in [0.4, 0.5) is 5.69 Å². The fourth-order valence-electron chi connectivity index (χ4n) is 1.94. The predicted octanol–water partition coefficient (Wildman–Crippen LogP) is 3.93. The molecule has 0 aliphatic carbocycles. The standard InChI is InChI=1S/C16H19NO2S2/c1-17(2)13-8-6-12(7-9-13)4-3-5-14(15(18)19)16-20-10-11-21-16/h3-4,6-9H,5,10-11H2,1-2H3,(H,18,19)/b4-3+. The number of carboxylic acids is 1. The Morgan fingerprint density at radius 2 is 1.86 bits per heavy atom. The molecule has 2 rings (SSSR count). The highest BCUT2D eigenvalue weighted by atomic mass is 32.2. The number of hydrogen-bond acceptors (Lipinski definition) is 4. The van der Waals surface area contributed by atoms with Gasteiger partial charge >= 0.3 is 5.97 Å². The van der Waals surface area contributed by atoms with Crippen LogP contribution in [0.5, 0.6) is 0 Å². The van der Waals surface area contributed by atoms with Crippen LogP contribution >= 0.6 is 23.5 Å². The molecular formula is C16H19NO2S2. The van der Waals surface area contributed by atoms with Gasteiger partial charge in [-0.15, -0.1) is 23.5 Å². The molecule has 1 aromatic carbocycles. The van der Waals surface area contributed by atoms with Crippen LogP contribution in [-0.4, -0.2) is 36.7 Å². The van der Waals surface area contributed by atoms with Gasteiger partial charge in [-0.05, 0) is 24.1 Å². The minimum absolute atomic E-state index is 0.472. The molecule has 21 heavy (non-hydrogen) atoms. The number of benzene rings is 1. The fraction of sp³-hybridized carbons (Fsp3) is 0.312. The van der Waals surface area contributed by atoms with Gasteiger partial charge in [-0.2, -0.15) is 0 Å². The summed E-state index contributed by atoms with van der Waals surface area (Å²) in [5.74, 6) is 1.21. The van der Waals surface area contributed by atoms with Crippen molar-refractivity contribution in [3.63, 3.8) is 0 Å². The zero-order valence-electron chi connectivity index (χ0n) is 12.2. The van der Waals surface area contributed by atoms with Gasteiger partial charge in [-0.25, -0.2) is 4.79 Å². The maximum absolute atomic E-state index is 11.3. The molecule has 0 aromatic heterocycles. The zero-order valence-corrected chi connectivity index (χ0v) is 13.8. The number of nitrogens with zero attached hydrogens (tertiary/aromatic N) is 1. The molecule has 1 aliphatic heterocycles. The van der Waals surface area contributed by atoms with E-state index in [9.17, 15) is 9.90 Å². The van der Waals surface area contributed by atoms with E-state index < -0.39 is 5.97 Å². The van der Waals surface area contributed by atoms with Crippen molar-refractivity contribution in [3.05, 3.63) is 45.7 Å². The number of aliphatic carboxylic acids is 1. The Kier molecular flexibility index (Phi) is 5.82. The van der Waals surface area contributed by atoms with Crippen LogP contribution < -0.4 is 4.90 Å². The first kappa shape index (κ1) is 16.0. The molecule has 0 bridgehead atoms. The van der Waals surface area contributed by atoms with Gasteiger partial charge in [0.05, 0.1) is 9.81 Å². The van der Waals surface area contributed by atoms with Crippen LogP contribution in [0.15, 0.2) is 40.2 Å². The van der Waals surface area contributed by atoms with Gasteiger partial charge < -0.3 is 10.0 Å². The van der Waals surface area contributed by atoms with Crippen molar-refractivity contribution in [1.82, 2.24) is 0 Å². The third-order valence-corrected chi connectivity index (χ3v) is 5.90.